The van der Waals surface area contributed by atoms with Gasteiger partial charge >= 0.3 is 5.97 Å². The van der Waals surface area contributed by atoms with E-state index in [2.05, 4.69) is 25.9 Å². The van der Waals surface area contributed by atoms with Gasteiger partial charge in [0.15, 0.2) is 0 Å². The number of imidazole rings is 1. The van der Waals surface area contributed by atoms with Gasteiger partial charge in [-0.15, -0.1) is 0 Å². The molecule has 0 fully saturated rings. The summed E-state index contributed by atoms with van der Waals surface area (Å²) in [5, 5.41) is 27.5. The molecule has 0 aliphatic rings. The van der Waals surface area contributed by atoms with Gasteiger partial charge in [0.1, 0.15) is 18.1 Å². The minimum atomic E-state index is -1.43. The molecule has 0 aliphatic carbocycles. The van der Waals surface area contributed by atoms with Crippen LogP contribution >= 0.6 is 0 Å². The minimum absolute atomic E-state index is 0.0261. The number of aliphatic hydroxyl groups excluding tert-OH is 1. The third kappa shape index (κ3) is 9.03. The van der Waals surface area contributed by atoms with Gasteiger partial charge in [-0.05, 0) is 24.5 Å². The van der Waals surface area contributed by atoms with E-state index in [1.54, 1.807) is 30.3 Å². The molecule has 12 nitrogen and oxygen atoms in total. The van der Waals surface area contributed by atoms with E-state index in [-0.39, 0.29) is 19.3 Å². The fraction of sp³-hybridized carbons (Fsp3) is 0.321. The Bertz CT molecular complexity index is 1250. The molecule has 212 valence electrons. The Kier molecular flexibility index (Phi) is 10.9. The number of aliphatic carboxylic acids is 1. The van der Waals surface area contributed by atoms with Crippen molar-refractivity contribution in [1.29, 1.82) is 0 Å². The smallest absolute Gasteiger partial charge is 0.326 e. The first-order chi connectivity index (χ1) is 19.1. The lowest BCUT2D eigenvalue weighted by Crippen LogP contribution is -2.60. The number of aromatic nitrogens is 2. The first-order valence-electron chi connectivity index (χ1n) is 12.8. The normalized spacial score (nSPS) is 14.7. The number of amides is 3. The summed E-state index contributed by atoms with van der Waals surface area (Å²) in [6.45, 7) is 1.32. The molecule has 0 bridgehead atoms. The van der Waals surface area contributed by atoms with Crippen LogP contribution in [0.5, 0.6) is 0 Å². The monoisotopic (exact) mass is 550 g/mol. The number of hydrogen-bond donors (Lipinski definition) is 7. The molecule has 5 atom stereocenters. The van der Waals surface area contributed by atoms with Gasteiger partial charge in [0.2, 0.25) is 17.7 Å². The quantitative estimate of drug-likeness (QED) is 0.142. The number of nitrogens with one attached hydrogen (secondary N) is 4. The summed E-state index contributed by atoms with van der Waals surface area (Å²) >= 11 is 0. The largest absolute Gasteiger partial charge is 0.480 e. The van der Waals surface area contributed by atoms with E-state index in [1.807, 2.05) is 30.3 Å². The van der Waals surface area contributed by atoms with Crippen LogP contribution in [-0.4, -0.2) is 74.1 Å². The van der Waals surface area contributed by atoms with Crippen LogP contribution in [-0.2, 0) is 38.4 Å². The first kappa shape index (κ1) is 30.0. The van der Waals surface area contributed by atoms with Gasteiger partial charge in [0, 0.05) is 24.7 Å². The number of hydrogen-bond acceptors (Lipinski definition) is 7. The Morgan fingerprint density at radius 3 is 1.93 bits per heavy atom. The lowest BCUT2D eigenvalue weighted by molar-refractivity contribution is -0.142. The number of nitrogens with zero attached hydrogens (tertiary/aromatic N) is 1. The molecule has 8 N–H and O–H groups in total. The minimum Gasteiger partial charge on any atom is -0.480 e. The van der Waals surface area contributed by atoms with E-state index in [0.717, 1.165) is 5.56 Å². The predicted molar refractivity (Wildman–Crippen MR) is 146 cm³/mol. The molecule has 2 aromatic carbocycles. The molecule has 0 saturated heterocycles. The van der Waals surface area contributed by atoms with E-state index < -0.39 is 54.0 Å². The SMILES string of the molecule is CC(O)C(NC(=O)C(N)Cc1ccccc1)C(=O)NC(Cc1cnc[nH]1)C(=O)NC(Cc1ccccc1)C(=O)O. The van der Waals surface area contributed by atoms with Crippen molar-refractivity contribution in [3.63, 3.8) is 0 Å². The summed E-state index contributed by atoms with van der Waals surface area (Å²) in [5.74, 6) is -3.51. The van der Waals surface area contributed by atoms with Gasteiger partial charge < -0.3 is 36.9 Å². The molecule has 12 heteroatoms. The second-order valence-corrected chi connectivity index (χ2v) is 9.45. The predicted octanol–water partition coefficient (Wildman–Crippen LogP) is -0.315. The Balaban J connectivity index is 1.71. The van der Waals surface area contributed by atoms with Crippen molar-refractivity contribution in [1.82, 2.24) is 25.9 Å². The van der Waals surface area contributed by atoms with E-state index in [1.165, 1.54) is 19.4 Å². The van der Waals surface area contributed by atoms with Crippen LogP contribution in [0, 0.1) is 0 Å². The maximum atomic E-state index is 13.2. The van der Waals surface area contributed by atoms with Gasteiger partial charge in [-0.25, -0.2) is 9.78 Å². The van der Waals surface area contributed by atoms with Gasteiger partial charge in [-0.2, -0.15) is 0 Å². The van der Waals surface area contributed by atoms with Crippen LogP contribution in [0.4, 0.5) is 0 Å². The number of H-pyrrole nitrogens is 1. The summed E-state index contributed by atoms with van der Waals surface area (Å²) in [4.78, 5) is 57.9. The molecule has 0 aliphatic heterocycles. The lowest BCUT2D eigenvalue weighted by Gasteiger charge is -2.26. The van der Waals surface area contributed by atoms with Gasteiger partial charge in [0.25, 0.3) is 0 Å². The van der Waals surface area contributed by atoms with Crippen molar-refractivity contribution in [2.75, 3.05) is 0 Å². The van der Waals surface area contributed by atoms with Crippen LogP contribution in [0.3, 0.4) is 0 Å². The summed E-state index contributed by atoms with van der Waals surface area (Å²) in [5.41, 5.74) is 8.05. The van der Waals surface area contributed by atoms with Gasteiger partial charge in [0.05, 0.1) is 18.5 Å². The Hall–Kier alpha value is -4.55. The second kappa shape index (κ2) is 14.6. The van der Waals surface area contributed by atoms with Crippen molar-refractivity contribution in [2.45, 2.75) is 56.5 Å². The number of benzene rings is 2. The zero-order valence-corrected chi connectivity index (χ0v) is 22.0. The maximum absolute atomic E-state index is 13.2. The molecular formula is C28H34N6O6. The Morgan fingerprint density at radius 2 is 1.40 bits per heavy atom. The van der Waals surface area contributed by atoms with Gasteiger partial charge in [-0.3, -0.25) is 14.4 Å². The molecule has 0 spiro atoms. The van der Waals surface area contributed by atoms with Gasteiger partial charge in [-0.1, -0.05) is 60.7 Å². The number of carbonyl (C=O) groups is 4. The third-order valence-corrected chi connectivity index (χ3v) is 6.21. The standard InChI is InChI=1S/C28H34N6O6/c1-17(35)24(34-25(36)21(29)12-18-8-4-2-5-9-18)27(38)32-22(14-20-15-30-16-31-20)26(37)33-23(28(39)40)13-19-10-6-3-7-11-19/h2-11,15-17,21-24,35H,12-14,29H2,1H3,(H,30,31)(H,32,38)(H,33,37)(H,34,36)(H,39,40). The fourth-order valence-electron chi connectivity index (χ4n) is 4.04. The summed E-state index contributed by atoms with van der Waals surface area (Å²) < 4.78 is 0. The van der Waals surface area contributed by atoms with Crippen LogP contribution in [0.15, 0.2) is 73.2 Å². The average Bonchev–Trinajstić information content (AvgIpc) is 3.44. The maximum Gasteiger partial charge on any atom is 0.326 e. The van der Waals surface area contributed by atoms with E-state index in [0.29, 0.717) is 11.3 Å². The zero-order valence-electron chi connectivity index (χ0n) is 22.0. The third-order valence-electron chi connectivity index (χ3n) is 6.21. The number of carbonyl (C=O) groups excluding carboxylic acids is 3. The van der Waals surface area contributed by atoms with E-state index in [9.17, 15) is 29.4 Å². The summed E-state index contributed by atoms with van der Waals surface area (Å²) in [6, 6.07) is 12.9. The highest BCUT2D eigenvalue weighted by Gasteiger charge is 2.33. The summed E-state index contributed by atoms with van der Waals surface area (Å²) in [7, 11) is 0. The van der Waals surface area contributed by atoms with E-state index >= 15 is 0 Å². The number of carboxylic acids is 1. The van der Waals surface area contributed by atoms with Crippen molar-refractivity contribution in [3.05, 3.63) is 90.0 Å². The number of rotatable bonds is 14. The van der Waals surface area contributed by atoms with Crippen molar-refractivity contribution < 1.29 is 29.4 Å². The summed E-state index contributed by atoms with van der Waals surface area (Å²) in [6.07, 6.45) is 1.72. The molecule has 40 heavy (non-hydrogen) atoms. The Morgan fingerprint density at radius 1 is 0.825 bits per heavy atom. The molecule has 0 radical (unpaired) electrons. The van der Waals surface area contributed by atoms with Crippen LogP contribution in [0.25, 0.3) is 0 Å². The molecular weight excluding hydrogens is 516 g/mol. The first-order valence-corrected chi connectivity index (χ1v) is 12.8. The molecule has 1 aromatic heterocycles. The zero-order chi connectivity index (χ0) is 29.1. The van der Waals surface area contributed by atoms with E-state index in [4.69, 9.17) is 5.73 Å². The number of aliphatic hydroxyl groups is 1. The average molecular weight is 551 g/mol. The molecule has 5 unspecified atom stereocenters. The van der Waals surface area contributed by atoms with Crippen LogP contribution in [0.2, 0.25) is 0 Å². The number of aromatic amines is 1. The van der Waals surface area contributed by atoms with Crippen LogP contribution < -0.4 is 21.7 Å². The highest BCUT2D eigenvalue weighted by Crippen LogP contribution is 2.07. The molecule has 3 aromatic rings. The lowest BCUT2D eigenvalue weighted by atomic mass is 10.0. The van der Waals surface area contributed by atoms with Crippen molar-refractivity contribution in [2.24, 2.45) is 5.73 Å². The van der Waals surface area contributed by atoms with Crippen LogP contribution in [0.1, 0.15) is 23.7 Å². The number of nitrogens with two attached hydrogens (primary N) is 1. The molecule has 3 amide bonds. The highest BCUT2D eigenvalue weighted by molar-refractivity contribution is 5.94. The van der Waals surface area contributed by atoms with Crippen molar-refractivity contribution >= 4 is 23.7 Å². The van der Waals surface area contributed by atoms with Crippen molar-refractivity contribution in [3.8, 4) is 0 Å². The molecule has 3 rings (SSSR count). The second-order valence-electron chi connectivity index (χ2n) is 9.45. The topological polar surface area (TPSA) is 200 Å². The molecule has 1 heterocycles. The Labute approximate surface area is 231 Å². The molecule has 0 saturated carbocycles. The fourth-order valence-corrected chi connectivity index (χ4v) is 4.04. The number of carboxylic acid groups (broad SMARTS) is 1. The highest BCUT2D eigenvalue weighted by atomic mass is 16.4.